The number of nitrogens with zero attached hydrogens (tertiary/aromatic N) is 3. The zero-order chi connectivity index (χ0) is 11.8. The lowest BCUT2D eigenvalue weighted by Gasteiger charge is -2.27. The molecule has 0 N–H and O–H groups in total. The second-order valence-electron chi connectivity index (χ2n) is 5.49. The van der Waals surface area contributed by atoms with E-state index in [4.69, 9.17) is 0 Å². The standard InChI is InChI=1S/C12H18IN3/c1-12(2,3)9-4-5-16(7-9)11-10(13)6-14-8-15-11/h6,8-9H,4-5,7H2,1-3H3. The van der Waals surface area contributed by atoms with Crippen molar-refractivity contribution in [3.05, 3.63) is 16.1 Å². The Morgan fingerprint density at radius 2 is 2.19 bits per heavy atom. The Labute approximate surface area is 111 Å². The van der Waals surface area contributed by atoms with Crippen LogP contribution in [-0.4, -0.2) is 23.1 Å². The summed E-state index contributed by atoms with van der Waals surface area (Å²) < 4.78 is 1.15. The largest absolute Gasteiger partial charge is 0.355 e. The molecule has 1 unspecified atom stereocenters. The zero-order valence-electron chi connectivity index (χ0n) is 10.1. The molecule has 1 fully saturated rings. The first-order chi connectivity index (χ1) is 7.48. The SMILES string of the molecule is CC(C)(C)C1CCN(c2ncncc2I)C1. The van der Waals surface area contributed by atoms with Gasteiger partial charge in [0, 0.05) is 19.3 Å². The quantitative estimate of drug-likeness (QED) is 0.741. The van der Waals surface area contributed by atoms with Crippen LogP contribution in [0.4, 0.5) is 5.82 Å². The maximum absolute atomic E-state index is 4.38. The van der Waals surface area contributed by atoms with E-state index in [0.29, 0.717) is 5.41 Å². The first kappa shape index (κ1) is 12.1. The van der Waals surface area contributed by atoms with Gasteiger partial charge in [-0.1, -0.05) is 20.8 Å². The summed E-state index contributed by atoms with van der Waals surface area (Å²) in [5, 5.41) is 0. The molecular weight excluding hydrogens is 313 g/mol. The first-order valence-corrected chi connectivity index (χ1v) is 6.77. The van der Waals surface area contributed by atoms with Crippen LogP contribution in [0.3, 0.4) is 0 Å². The van der Waals surface area contributed by atoms with Crippen LogP contribution in [0.5, 0.6) is 0 Å². The van der Waals surface area contributed by atoms with E-state index in [2.05, 4.69) is 58.2 Å². The van der Waals surface area contributed by atoms with Crippen LogP contribution in [0, 0.1) is 14.9 Å². The molecule has 0 amide bonds. The number of hydrogen-bond acceptors (Lipinski definition) is 3. The minimum Gasteiger partial charge on any atom is -0.355 e. The second-order valence-corrected chi connectivity index (χ2v) is 6.65. The molecule has 0 aliphatic carbocycles. The summed E-state index contributed by atoms with van der Waals surface area (Å²) >= 11 is 2.31. The lowest BCUT2D eigenvalue weighted by atomic mass is 9.80. The fourth-order valence-corrected chi connectivity index (χ4v) is 2.84. The van der Waals surface area contributed by atoms with Crippen LogP contribution in [-0.2, 0) is 0 Å². The summed E-state index contributed by atoms with van der Waals surface area (Å²) in [6.07, 6.45) is 4.79. The molecule has 1 aromatic heterocycles. The topological polar surface area (TPSA) is 29.0 Å². The predicted molar refractivity (Wildman–Crippen MR) is 74.5 cm³/mol. The van der Waals surface area contributed by atoms with E-state index in [9.17, 15) is 0 Å². The molecule has 88 valence electrons. The van der Waals surface area contributed by atoms with E-state index in [-0.39, 0.29) is 0 Å². The van der Waals surface area contributed by atoms with Gasteiger partial charge in [-0.2, -0.15) is 0 Å². The molecule has 0 bridgehead atoms. The third kappa shape index (κ3) is 2.47. The van der Waals surface area contributed by atoms with Crippen LogP contribution in [0.25, 0.3) is 0 Å². The fourth-order valence-electron chi connectivity index (χ4n) is 2.20. The molecule has 4 heteroatoms. The van der Waals surface area contributed by atoms with Crippen LogP contribution >= 0.6 is 22.6 Å². The molecule has 1 aliphatic heterocycles. The molecule has 2 rings (SSSR count). The Morgan fingerprint density at radius 1 is 1.44 bits per heavy atom. The average Bonchev–Trinajstić information content (AvgIpc) is 2.66. The lowest BCUT2D eigenvalue weighted by Crippen LogP contribution is -2.26. The van der Waals surface area contributed by atoms with Crippen molar-refractivity contribution in [1.82, 2.24) is 9.97 Å². The van der Waals surface area contributed by atoms with Crippen molar-refractivity contribution in [2.45, 2.75) is 27.2 Å². The maximum atomic E-state index is 4.38. The molecule has 3 nitrogen and oxygen atoms in total. The Bertz CT molecular complexity index is 373. The molecule has 1 aliphatic rings. The Morgan fingerprint density at radius 3 is 2.75 bits per heavy atom. The summed E-state index contributed by atoms with van der Waals surface area (Å²) in [6.45, 7) is 9.22. The number of aromatic nitrogens is 2. The van der Waals surface area contributed by atoms with Crippen LogP contribution in [0.15, 0.2) is 12.5 Å². The van der Waals surface area contributed by atoms with Gasteiger partial charge in [-0.05, 0) is 40.3 Å². The third-order valence-corrected chi connectivity index (χ3v) is 4.12. The minimum absolute atomic E-state index is 0.396. The van der Waals surface area contributed by atoms with Gasteiger partial charge >= 0.3 is 0 Å². The smallest absolute Gasteiger partial charge is 0.145 e. The van der Waals surface area contributed by atoms with Gasteiger partial charge in [0.05, 0.1) is 3.57 Å². The van der Waals surface area contributed by atoms with Gasteiger partial charge in [-0.25, -0.2) is 9.97 Å². The summed E-state index contributed by atoms with van der Waals surface area (Å²) in [5.74, 6) is 1.86. The molecule has 0 saturated carbocycles. The van der Waals surface area contributed by atoms with Crippen LogP contribution in [0.2, 0.25) is 0 Å². The van der Waals surface area contributed by atoms with Crippen molar-refractivity contribution in [3.8, 4) is 0 Å². The molecule has 1 aromatic rings. The minimum atomic E-state index is 0.396. The molecule has 2 heterocycles. The maximum Gasteiger partial charge on any atom is 0.145 e. The van der Waals surface area contributed by atoms with E-state index in [1.54, 1.807) is 6.33 Å². The van der Waals surface area contributed by atoms with E-state index in [0.717, 1.165) is 28.4 Å². The van der Waals surface area contributed by atoms with E-state index < -0.39 is 0 Å². The van der Waals surface area contributed by atoms with Crippen molar-refractivity contribution >= 4 is 28.4 Å². The van der Waals surface area contributed by atoms with Crippen molar-refractivity contribution in [3.63, 3.8) is 0 Å². The molecule has 1 saturated heterocycles. The van der Waals surface area contributed by atoms with E-state index in [1.807, 2.05) is 6.20 Å². The molecule has 16 heavy (non-hydrogen) atoms. The summed E-state index contributed by atoms with van der Waals surface area (Å²) in [5.41, 5.74) is 0.396. The van der Waals surface area contributed by atoms with Crippen molar-refractivity contribution in [2.24, 2.45) is 11.3 Å². The van der Waals surface area contributed by atoms with Gasteiger partial charge in [-0.3, -0.25) is 0 Å². The number of hydrogen-bond donors (Lipinski definition) is 0. The number of halogens is 1. The van der Waals surface area contributed by atoms with Crippen molar-refractivity contribution in [1.29, 1.82) is 0 Å². The van der Waals surface area contributed by atoms with Crippen LogP contribution < -0.4 is 4.90 Å². The Kier molecular flexibility index (Phi) is 3.37. The van der Waals surface area contributed by atoms with Gasteiger partial charge in [0.25, 0.3) is 0 Å². The van der Waals surface area contributed by atoms with E-state index in [1.165, 1.54) is 6.42 Å². The van der Waals surface area contributed by atoms with E-state index >= 15 is 0 Å². The van der Waals surface area contributed by atoms with Gasteiger partial charge in [0.2, 0.25) is 0 Å². The monoisotopic (exact) mass is 331 g/mol. The summed E-state index contributed by atoms with van der Waals surface area (Å²) in [7, 11) is 0. The average molecular weight is 331 g/mol. The van der Waals surface area contributed by atoms with Gasteiger partial charge in [0.1, 0.15) is 12.1 Å². The molecule has 0 spiro atoms. The highest BCUT2D eigenvalue weighted by molar-refractivity contribution is 14.1. The zero-order valence-corrected chi connectivity index (χ0v) is 12.2. The molecule has 1 atom stereocenters. The summed E-state index contributed by atoms with van der Waals surface area (Å²) in [6, 6.07) is 0. The highest BCUT2D eigenvalue weighted by Crippen LogP contribution is 2.35. The number of anilines is 1. The predicted octanol–water partition coefficient (Wildman–Crippen LogP) is 2.95. The van der Waals surface area contributed by atoms with Crippen molar-refractivity contribution in [2.75, 3.05) is 18.0 Å². The molecular formula is C12H18IN3. The highest BCUT2D eigenvalue weighted by atomic mass is 127. The third-order valence-electron chi connectivity index (χ3n) is 3.36. The highest BCUT2D eigenvalue weighted by Gasteiger charge is 2.32. The Balaban J connectivity index is 2.13. The lowest BCUT2D eigenvalue weighted by molar-refractivity contribution is 0.263. The van der Waals surface area contributed by atoms with Crippen LogP contribution in [0.1, 0.15) is 27.2 Å². The first-order valence-electron chi connectivity index (χ1n) is 5.69. The molecule has 0 aromatic carbocycles. The second kappa shape index (κ2) is 4.47. The van der Waals surface area contributed by atoms with Crippen molar-refractivity contribution < 1.29 is 0 Å². The number of rotatable bonds is 1. The van der Waals surface area contributed by atoms with Gasteiger partial charge in [0.15, 0.2) is 0 Å². The summed E-state index contributed by atoms with van der Waals surface area (Å²) in [4.78, 5) is 10.8. The Hall–Kier alpha value is -0.390. The normalized spacial score (nSPS) is 21.5. The van der Waals surface area contributed by atoms with Gasteiger partial charge < -0.3 is 4.90 Å². The molecule has 0 radical (unpaired) electrons. The fraction of sp³-hybridized carbons (Fsp3) is 0.667. The van der Waals surface area contributed by atoms with Gasteiger partial charge in [-0.15, -0.1) is 0 Å².